The zero-order chi connectivity index (χ0) is 31.1. The highest BCUT2D eigenvalue weighted by molar-refractivity contribution is 7.90. The fourth-order valence-electron chi connectivity index (χ4n) is 4.40. The molecule has 1 amide bonds. The van der Waals surface area contributed by atoms with Crippen LogP contribution in [0.5, 0.6) is 0 Å². The maximum Gasteiger partial charge on any atom is 0.407 e. The summed E-state index contributed by atoms with van der Waals surface area (Å²) in [6.07, 6.45) is -1.79. The van der Waals surface area contributed by atoms with Crippen molar-refractivity contribution in [2.24, 2.45) is 5.92 Å². The lowest BCUT2D eigenvalue weighted by atomic mass is 9.89. The van der Waals surface area contributed by atoms with E-state index in [1.54, 1.807) is 51.1 Å². The third kappa shape index (κ3) is 10.0. The van der Waals surface area contributed by atoms with Crippen LogP contribution in [0.3, 0.4) is 0 Å². The summed E-state index contributed by atoms with van der Waals surface area (Å²) in [5.41, 5.74) is 0.966. The highest BCUT2D eigenvalue weighted by atomic mass is 35.5. The van der Waals surface area contributed by atoms with Gasteiger partial charge in [-0.2, -0.15) is 0 Å². The van der Waals surface area contributed by atoms with Gasteiger partial charge in [0, 0.05) is 15.6 Å². The summed E-state index contributed by atoms with van der Waals surface area (Å²) in [6, 6.07) is 19.1. The largest absolute Gasteiger partial charge is 0.481 e. The van der Waals surface area contributed by atoms with Crippen molar-refractivity contribution in [3.05, 3.63) is 99.5 Å². The lowest BCUT2D eigenvalue weighted by Gasteiger charge is -2.28. The normalized spacial score (nSPS) is 14.0. The molecule has 3 rings (SSSR count). The van der Waals surface area contributed by atoms with Gasteiger partial charge >= 0.3 is 12.1 Å². The van der Waals surface area contributed by atoms with Gasteiger partial charge in [-0.25, -0.2) is 13.2 Å². The smallest absolute Gasteiger partial charge is 0.407 e. The average Bonchev–Trinajstić information content (AvgIpc) is 2.90. The molecule has 0 saturated carbocycles. The van der Waals surface area contributed by atoms with Gasteiger partial charge < -0.3 is 20.3 Å². The minimum absolute atomic E-state index is 0.0353. The summed E-state index contributed by atoms with van der Waals surface area (Å²) in [4.78, 5) is 24.7. The van der Waals surface area contributed by atoms with Crippen LogP contribution in [0.1, 0.15) is 43.9 Å². The van der Waals surface area contributed by atoms with Crippen LogP contribution in [0.2, 0.25) is 10.0 Å². The number of carboxylic acids is 1. The summed E-state index contributed by atoms with van der Waals surface area (Å²) in [5, 5.41) is 24.2. The molecule has 0 aromatic heterocycles. The van der Waals surface area contributed by atoms with Crippen molar-refractivity contribution in [2.45, 2.75) is 68.4 Å². The predicted molar refractivity (Wildman–Crippen MR) is 163 cm³/mol. The first-order valence-electron chi connectivity index (χ1n) is 13.3. The number of aliphatic carboxylic acids is 1. The van der Waals surface area contributed by atoms with Gasteiger partial charge in [0.2, 0.25) is 0 Å². The summed E-state index contributed by atoms with van der Waals surface area (Å²) in [5.74, 6) is -2.53. The highest BCUT2D eigenvalue weighted by Gasteiger charge is 2.30. The third-order valence-corrected chi connectivity index (χ3v) is 8.87. The number of sulfone groups is 1. The molecule has 42 heavy (non-hydrogen) atoms. The fourth-order valence-corrected chi connectivity index (χ4v) is 6.50. The van der Waals surface area contributed by atoms with Gasteiger partial charge in [-0.15, -0.1) is 0 Å². The standard InChI is InChI=1S/C31H35Cl2NO7S/c1-31(2,3)41-30(38)34-27(17-20-8-5-4-6-9-20)28(35)18-22(29(36)37)16-21-12-14-23(15-13-21)42(39,40)19-24-25(32)10-7-11-26(24)33/h4-15,22,27-28,35H,16-19H2,1-3H3,(H,34,38)(H,36,37)/t22-,27+,28+/m1/s1. The van der Waals surface area contributed by atoms with Gasteiger partial charge in [-0.1, -0.05) is 71.7 Å². The van der Waals surface area contributed by atoms with Crippen LogP contribution in [0.15, 0.2) is 77.7 Å². The second-order valence-electron chi connectivity index (χ2n) is 11.1. The van der Waals surface area contributed by atoms with Crippen molar-refractivity contribution in [2.75, 3.05) is 0 Å². The molecule has 0 aliphatic heterocycles. The Kier molecular flexibility index (Phi) is 11.4. The second-order valence-corrected chi connectivity index (χ2v) is 13.9. The first-order valence-corrected chi connectivity index (χ1v) is 15.7. The van der Waals surface area contributed by atoms with E-state index in [9.17, 15) is 28.2 Å². The van der Waals surface area contributed by atoms with E-state index in [1.807, 2.05) is 30.3 Å². The number of ether oxygens (including phenoxy) is 1. The van der Waals surface area contributed by atoms with Crippen molar-refractivity contribution in [3.8, 4) is 0 Å². The molecule has 8 nitrogen and oxygen atoms in total. The van der Waals surface area contributed by atoms with Crippen LogP contribution < -0.4 is 5.32 Å². The van der Waals surface area contributed by atoms with Gasteiger partial charge in [0.05, 0.1) is 28.7 Å². The molecule has 3 aromatic carbocycles. The number of amides is 1. The highest BCUT2D eigenvalue weighted by Crippen LogP contribution is 2.29. The van der Waals surface area contributed by atoms with Gasteiger partial charge in [-0.05, 0) is 75.4 Å². The molecule has 0 bridgehead atoms. The number of carboxylic acid groups (broad SMARTS) is 1. The molecule has 0 fully saturated rings. The first-order chi connectivity index (χ1) is 19.6. The van der Waals surface area contributed by atoms with E-state index >= 15 is 0 Å². The minimum Gasteiger partial charge on any atom is -0.481 e. The number of nitrogens with one attached hydrogen (secondary N) is 1. The first kappa shape index (κ1) is 33.4. The molecule has 3 aromatic rings. The maximum absolute atomic E-state index is 13.0. The Morgan fingerprint density at radius 2 is 1.45 bits per heavy atom. The lowest BCUT2D eigenvalue weighted by Crippen LogP contribution is -2.47. The average molecular weight is 637 g/mol. The van der Waals surface area contributed by atoms with Crippen molar-refractivity contribution >= 4 is 45.1 Å². The monoisotopic (exact) mass is 635 g/mol. The molecule has 0 aliphatic rings. The summed E-state index contributed by atoms with van der Waals surface area (Å²) >= 11 is 12.3. The Labute approximate surface area is 256 Å². The van der Waals surface area contributed by atoms with Crippen molar-refractivity contribution in [3.63, 3.8) is 0 Å². The quantitative estimate of drug-likeness (QED) is 0.219. The zero-order valence-electron chi connectivity index (χ0n) is 23.6. The summed E-state index contributed by atoms with van der Waals surface area (Å²) < 4.78 is 31.4. The van der Waals surface area contributed by atoms with E-state index in [2.05, 4.69) is 5.32 Å². The van der Waals surface area contributed by atoms with E-state index in [0.29, 0.717) is 11.1 Å². The van der Waals surface area contributed by atoms with Crippen LogP contribution in [0, 0.1) is 5.92 Å². The third-order valence-electron chi connectivity index (χ3n) is 6.50. The molecule has 0 radical (unpaired) electrons. The molecular weight excluding hydrogens is 601 g/mol. The molecule has 226 valence electrons. The van der Waals surface area contributed by atoms with Crippen molar-refractivity contribution < 1.29 is 33.0 Å². The van der Waals surface area contributed by atoms with Gasteiger partial charge in [0.1, 0.15) is 5.60 Å². The van der Waals surface area contributed by atoms with Crippen molar-refractivity contribution in [1.82, 2.24) is 5.32 Å². The predicted octanol–water partition coefficient (Wildman–Crippen LogP) is 6.10. The number of benzene rings is 3. The molecule has 0 spiro atoms. The van der Waals surface area contributed by atoms with E-state index in [-0.39, 0.29) is 40.0 Å². The molecule has 11 heteroatoms. The van der Waals surface area contributed by atoms with Gasteiger partial charge in [0.25, 0.3) is 0 Å². The van der Waals surface area contributed by atoms with E-state index < -0.39 is 45.6 Å². The minimum atomic E-state index is -3.78. The molecule has 3 atom stereocenters. The van der Waals surface area contributed by atoms with E-state index in [1.165, 1.54) is 12.1 Å². The molecule has 3 N–H and O–H groups in total. The zero-order valence-corrected chi connectivity index (χ0v) is 25.9. The molecule has 0 saturated heterocycles. The Balaban J connectivity index is 1.74. The molecule has 0 unspecified atom stereocenters. The summed E-state index contributed by atoms with van der Waals surface area (Å²) in [6.45, 7) is 5.16. The van der Waals surface area contributed by atoms with Gasteiger partial charge in [-0.3, -0.25) is 4.79 Å². The molecular formula is C31H35Cl2NO7S. The number of rotatable bonds is 12. The SMILES string of the molecule is CC(C)(C)OC(=O)N[C@@H](Cc1ccccc1)[C@@H](O)C[C@@H](Cc1ccc(S(=O)(=O)Cc2c(Cl)cccc2Cl)cc1)C(=O)O. The number of hydrogen-bond donors (Lipinski definition) is 3. The summed E-state index contributed by atoms with van der Waals surface area (Å²) in [7, 11) is -3.78. The Morgan fingerprint density at radius 1 is 0.881 bits per heavy atom. The molecule has 0 heterocycles. The van der Waals surface area contributed by atoms with E-state index in [0.717, 1.165) is 5.56 Å². The lowest BCUT2D eigenvalue weighted by molar-refractivity contribution is -0.143. The second kappa shape index (κ2) is 14.4. The Hall–Kier alpha value is -3.11. The van der Waals surface area contributed by atoms with Gasteiger partial charge in [0.15, 0.2) is 9.84 Å². The number of aliphatic hydroxyl groups excluding tert-OH is 1. The van der Waals surface area contributed by atoms with Crippen LogP contribution in [-0.2, 0) is 38.0 Å². The van der Waals surface area contributed by atoms with Crippen LogP contribution in [-0.4, -0.2) is 48.4 Å². The number of hydrogen-bond acceptors (Lipinski definition) is 6. The topological polar surface area (TPSA) is 130 Å². The van der Waals surface area contributed by atoms with Crippen LogP contribution in [0.4, 0.5) is 4.79 Å². The fraction of sp³-hybridized carbons (Fsp3) is 0.355. The van der Waals surface area contributed by atoms with Crippen LogP contribution in [0.25, 0.3) is 0 Å². The van der Waals surface area contributed by atoms with Crippen LogP contribution >= 0.6 is 23.2 Å². The number of aliphatic hydroxyl groups is 1. The number of carbonyl (C=O) groups excluding carboxylic acids is 1. The number of alkyl carbamates (subject to hydrolysis) is 1. The maximum atomic E-state index is 13.0. The Morgan fingerprint density at radius 3 is 2.00 bits per heavy atom. The molecule has 0 aliphatic carbocycles. The van der Waals surface area contributed by atoms with Crippen molar-refractivity contribution in [1.29, 1.82) is 0 Å². The number of carbonyl (C=O) groups is 2. The van der Waals surface area contributed by atoms with E-state index in [4.69, 9.17) is 27.9 Å². The number of halogens is 2. The Bertz CT molecular complexity index is 1450.